The van der Waals surface area contributed by atoms with Crippen LogP contribution in [0.25, 0.3) is 0 Å². The minimum atomic E-state index is -0.391. The number of rotatable bonds is 2. The summed E-state index contributed by atoms with van der Waals surface area (Å²) < 4.78 is 2.35. The third kappa shape index (κ3) is 1.84. The standard InChI is InChI=1S/C11H13N3O2/c1-8-4-3-5-9(6-8)7-14-11(16)13(2)10(15)12-14/h3-6H,7H2,1-2H3,(H,12,15). The number of nitrogens with zero attached hydrogens (tertiary/aromatic N) is 2. The van der Waals surface area contributed by atoms with E-state index >= 15 is 0 Å². The number of aromatic nitrogens is 3. The number of H-pyrrole nitrogens is 1. The van der Waals surface area contributed by atoms with E-state index in [9.17, 15) is 9.59 Å². The molecule has 0 unspecified atom stereocenters. The Morgan fingerprint density at radius 1 is 1.31 bits per heavy atom. The van der Waals surface area contributed by atoms with Crippen LogP contribution in [-0.4, -0.2) is 14.3 Å². The Hall–Kier alpha value is -2.04. The predicted molar refractivity (Wildman–Crippen MR) is 60.6 cm³/mol. The Balaban J connectivity index is 2.38. The van der Waals surface area contributed by atoms with E-state index in [1.165, 1.54) is 11.7 Å². The van der Waals surface area contributed by atoms with Crippen LogP contribution in [0.15, 0.2) is 33.9 Å². The molecular weight excluding hydrogens is 206 g/mol. The van der Waals surface area contributed by atoms with Crippen molar-refractivity contribution in [2.75, 3.05) is 0 Å². The number of hydrogen-bond donors (Lipinski definition) is 1. The first-order valence-corrected chi connectivity index (χ1v) is 4.99. The molecule has 84 valence electrons. The summed E-state index contributed by atoms with van der Waals surface area (Å²) in [5, 5.41) is 2.49. The maximum atomic E-state index is 11.6. The van der Waals surface area contributed by atoms with Crippen molar-refractivity contribution in [3.8, 4) is 0 Å². The van der Waals surface area contributed by atoms with Crippen LogP contribution < -0.4 is 11.4 Å². The molecule has 1 aromatic heterocycles. The van der Waals surface area contributed by atoms with Crippen molar-refractivity contribution in [3.05, 3.63) is 56.4 Å². The molecule has 0 bridgehead atoms. The minimum Gasteiger partial charge on any atom is -0.246 e. The van der Waals surface area contributed by atoms with Gasteiger partial charge in [-0.15, -0.1) is 0 Å². The normalized spacial score (nSPS) is 10.6. The van der Waals surface area contributed by atoms with Crippen LogP contribution >= 0.6 is 0 Å². The Kier molecular flexibility index (Phi) is 2.52. The van der Waals surface area contributed by atoms with E-state index in [0.29, 0.717) is 6.54 Å². The molecule has 5 nitrogen and oxygen atoms in total. The van der Waals surface area contributed by atoms with Crippen molar-refractivity contribution in [2.45, 2.75) is 13.5 Å². The molecule has 0 atom stereocenters. The van der Waals surface area contributed by atoms with Gasteiger partial charge in [-0.2, -0.15) is 0 Å². The fourth-order valence-electron chi connectivity index (χ4n) is 1.61. The van der Waals surface area contributed by atoms with Crippen LogP contribution in [0.4, 0.5) is 0 Å². The summed E-state index contributed by atoms with van der Waals surface area (Å²) in [5.41, 5.74) is 1.40. The molecule has 0 fully saturated rings. The topological polar surface area (TPSA) is 59.8 Å². The second kappa shape index (κ2) is 3.84. The molecule has 16 heavy (non-hydrogen) atoms. The summed E-state index contributed by atoms with van der Waals surface area (Å²) in [5.74, 6) is 0. The molecule has 1 heterocycles. The number of nitrogens with one attached hydrogen (secondary N) is 1. The molecular formula is C11H13N3O2. The highest BCUT2D eigenvalue weighted by Crippen LogP contribution is 2.03. The molecule has 0 aliphatic rings. The van der Waals surface area contributed by atoms with Gasteiger partial charge in [0.05, 0.1) is 6.54 Å². The molecule has 0 aliphatic heterocycles. The molecule has 2 rings (SSSR count). The summed E-state index contributed by atoms with van der Waals surface area (Å²) in [6, 6.07) is 7.82. The summed E-state index contributed by atoms with van der Waals surface area (Å²) >= 11 is 0. The van der Waals surface area contributed by atoms with Crippen LogP contribution in [0, 0.1) is 6.92 Å². The SMILES string of the molecule is Cc1cccc(Cn2[nH]c(=O)n(C)c2=O)c1. The van der Waals surface area contributed by atoms with Gasteiger partial charge in [0.1, 0.15) is 0 Å². The fraction of sp³-hybridized carbons (Fsp3) is 0.273. The first-order valence-electron chi connectivity index (χ1n) is 4.99. The highest BCUT2D eigenvalue weighted by Gasteiger charge is 2.05. The van der Waals surface area contributed by atoms with Gasteiger partial charge in [-0.1, -0.05) is 29.8 Å². The zero-order valence-corrected chi connectivity index (χ0v) is 9.23. The fourth-order valence-corrected chi connectivity index (χ4v) is 1.61. The molecule has 0 saturated carbocycles. The van der Waals surface area contributed by atoms with Gasteiger partial charge in [0, 0.05) is 7.05 Å². The monoisotopic (exact) mass is 219 g/mol. The molecule has 2 aromatic rings. The second-order valence-electron chi connectivity index (χ2n) is 3.83. The average Bonchev–Trinajstić information content (AvgIpc) is 2.47. The van der Waals surface area contributed by atoms with E-state index < -0.39 is 5.69 Å². The number of benzene rings is 1. The van der Waals surface area contributed by atoms with Crippen molar-refractivity contribution in [1.29, 1.82) is 0 Å². The van der Waals surface area contributed by atoms with Crippen molar-refractivity contribution >= 4 is 0 Å². The van der Waals surface area contributed by atoms with Crippen molar-refractivity contribution < 1.29 is 0 Å². The van der Waals surface area contributed by atoms with Gasteiger partial charge in [0.25, 0.3) is 0 Å². The number of hydrogen-bond acceptors (Lipinski definition) is 2. The van der Waals surface area contributed by atoms with Crippen LogP contribution in [0.2, 0.25) is 0 Å². The summed E-state index contributed by atoms with van der Waals surface area (Å²) in [7, 11) is 1.45. The molecule has 0 saturated heterocycles. The van der Waals surface area contributed by atoms with Crippen molar-refractivity contribution in [2.24, 2.45) is 7.05 Å². The van der Waals surface area contributed by atoms with Gasteiger partial charge < -0.3 is 0 Å². The lowest BCUT2D eigenvalue weighted by molar-refractivity contribution is 0.645. The lowest BCUT2D eigenvalue weighted by Crippen LogP contribution is -2.26. The summed E-state index contributed by atoms with van der Waals surface area (Å²) in [4.78, 5) is 22.8. The Labute approximate surface area is 91.9 Å². The van der Waals surface area contributed by atoms with Crippen LogP contribution in [0.1, 0.15) is 11.1 Å². The maximum absolute atomic E-state index is 11.6. The Bertz CT molecular complexity index is 619. The smallest absolute Gasteiger partial charge is 0.246 e. The third-order valence-corrected chi connectivity index (χ3v) is 2.48. The lowest BCUT2D eigenvalue weighted by Gasteiger charge is -2.01. The largest absolute Gasteiger partial charge is 0.346 e. The highest BCUT2D eigenvalue weighted by atomic mass is 16.2. The second-order valence-corrected chi connectivity index (χ2v) is 3.83. The first-order chi connectivity index (χ1) is 7.58. The molecule has 0 radical (unpaired) electrons. The van der Waals surface area contributed by atoms with E-state index in [1.807, 2.05) is 31.2 Å². The number of aryl methyl sites for hydroxylation is 1. The van der Waals surface area contributed by atoms with Crippen LogP contribution in [-0.2, 0) is 13.6 Å². The molecule has 1 N–H and O–H groups in total. The average molecular weight is 219 g/mol. The van der Waals surface area contributed by atoms with E-state index in [4.69, 9.17) is 0 Å². The van der Waals surface area contributed by atoms with Gasteiger partial charge in [0.2, 0.25) is 0 Å². The van der Waals surface area contributed by atoms with Gasteiger partial charge in [0.15, 0.2) is 0 Å². The Morgan fingerprint density at radius 2 is 2.06 bits per heavy atom. The molecule has 1 aromatic carbocycles. The Morgan fingerprint density at radius 3 is 2.62 bits per heavy atom. The van der Waals surface area contributed by atoms with Gasteiger partial charge in [-0.05, 0) is 12.5 Å². The summed E-state index contributed by atoms with van der Waals surface area (Å²) in [6.07, 6.45) is 0. The molecule has 0 spiro atoms. The maximum Gasteiger partial charge on any atom is 0.346 e. The molecule has 0 aliphatic carbocycles. The van der Waals surface area contributed by atoms with E-state index in [1.54, 1.807) is 0 Å². The van der Waals surface area contributed by atoms with Crippen LogP contribution in [0.5, 0.6) is 0 Å². The van der Waals surface area contributed by atoms with Gasteiger partial charge in [-0.3, -0.25) is 0 Å². The number of aromatic amines is 1. The predicted octanol–water partition coefficient (Wildman–Crippen LogP) is 0.232. The zero-order valence-electron chi connectivity index (χ0n) is 9.23. The minimum absolute atomic E-state index is 0.327. The van der Waals surface area contributed by atoms with Crippen molar-refractivity contribution in [3.63, 3.8) is 0 Å². The third-order valence-electron chi connectivity index (χ3n) is 2.48. The quantitative estimate of drug-likeness (QED) is 0.786. The zero-order chi connectivity index (χ0) is 11.7. The molecule has 5 heteroatoms. The first kappa shape index (κ1) is 10.5. The lowest BCUT2D eigenvalue weighted by atomic mass is 10.1. The van der Waals surface area contributed by atoms with E-state index in [-0.39, 0.29) is 5.69 Å². The van der Waals surface area contributed by atoms with Crippen LogP contribution in [0.3, 0.4) is 0 Å². The van der Waals surface area contributed by atoms with Gasteiger partial charge in [-0.25, -0.2) is 23.9 Å². The summed E-state index contributed by atoms with van der Waals surface area (Å²) in [6.45, 7) is 2.37. The highest BCUT2D eigenvalue weighted by molar-refractivity contribution is 5.22. The van der Waals surface area contributed by atoms with E-state index in [2.05, 4.69) is 5.10 Å². The molecule has 0 amide bonds. The van der Waals surface area contributed by atoms with E-state index in [0.717, 1.165) is 15.7 Å². The van der Waals surface area contributed by atoms with Gasteiger partial charge >= 0.3 is 11.4 Å². The van der Waals surface area contributed by atoms with Crippen molar-refractivity contribution in [1.82, 2.24) is 14.3 Å².